The lowest BCUT2D eigenvalue weighted by Crippen LogP contribution is -2.39. The van der Waals surface area contributed by atoms with Crippen molar-refractivity contribution in [2.24, 2.45) is 5.73 Å². The van der Waals surface area contributed by atoms with Gasteiger partial charge < -0.3 is 10.6 Å². The van der Waals surface area contributed by atoms with Crippen LogP contribution < -0.4 is 10.6 Å². The van der Waals surface area contributed by atoms with E-state index in [1.165, 1.54) is 5.69 Å². The van der Waals surface area contributed by atoms with Gasteiger partial charge >= 0.3 is 0 Å². The smallest absolute Gasteiger partial charge is 0.0377 e. The van der Waals surface area contributed by atoms with Crippen LogP contribution in [0.4, 0.5) is 5.69 Å². The molecule has 0 aromatic heterocycles. The molecule has 2 rings (SSSR count). The summed E-state index contributed by atoms with van der Waals surface area (Å²) in [6, 6.07) is 8.85. The first-order chi connectivity index (χ1) is 6.75. The van der Waals surface area contributed by atoms with Crippen LogP contribution in [-0.2, 0) is 0 Å². The minimum atomic E-state index is 0.401. The average molecular weight is 255 g/mol. The molecular weight excluding hydrogens is 240 g/mol. The van der Waals surface area contributed by atoms with E-state index in [1.54, 1.807) is 0 Å². The van der Waals surface area contributed by atoms with Crippen LogP contribution in [0.2, 0.25) is 0 Å². The second-order valence-electron chi connectivity index (χ2n) is 3.80. The fraction of sp³-hybridized carbons (Fsp3) is 0.455. The zero-order valence-corrected chi connectivity index (χ0v) is 9.70. The maximum absolute atomic E-state index is 5.87. The Bertz CT molecular complexity index is 306. The summed E-state index contributed by atoms with van der Waals surface area (Å²) in [5.41, 5.74) is 7.17. The molecule has 2 N–H and O–H groups in total. The van der Waals surface area contributed by atoms with Gasteiger partial charge in [-0.2, -0.15) is 0 Å². The molecule has 2 nitrogen and oxygen atoms in total. The number of halogens is 1. The van der Waals surface area contributed by atoms with E-state index in [-0.39, 0.29) is 0 Å². The largest absolute Gasteiger partial charge is 0.371 e. The minimum Gasteiger partial charge on any atom is -0.371 e. The summed E-state index contributed by atoms with van der Waals surface area (Å²) < 4.78 is 1.14. The van der Waals surface area contributed by atoms with Crippen molar-refractivity contribution < 1.29 is 0 Å². The molecule has 0 atom stereocenters. The lowest BCUT2D eigenvalue weighted by Gasteiger charge is -2.32. The first-order valence-corrected chi connectivity index (χ1v) is 5.81. The van der Waals surface area contributed by atoms with Crippen LogP contribution in [0.3, 0.4) is 0 Å². The zero-order valence-electron chi connectivity index (χ0n) is 8.12. The van der Waals surface area contributed by atoms with Crippen LogP contribution in [0.15, 0.2) is 28.7 Å². The summed E-state index contributed by atoms with van der Waals surface area (Å²) in [6.45, 7) is 2.16. The molecule has 3 heteroatoms. The third kappa shape index (κ3) is 2.28. The van der Waals surface area contributed by atoms with Crippen LogP contribution in [0, 0.1) is 0 Å². The molecule has 1 aliphatic rings. The second-order valence-corrected chi connectivity index (χ2v) is 4.72. The normalized spacial score (nSPS) is 18.6. The molecule has 0 aliphatic carbocycles. The standard InChI is InChI=1S/C11H15BrN2/c12-9-2-1-3-11(8-9)14-6-4-10(13)5-7-14/h1-3,8,10H,4-7,13H2. The van der Waals surface area contributed by atoms with Gasteiger partial charge in [-0.05, 0) is 31.0 Å². The SMILES string of the molecule is NC1CCN(c2cccc(Br)c2)CC1. The van der Waals surface area contributed by atoms with Gasteiger partial charge in [0.2, 0.25) is 0 Å². The van der Waals surface area contributed by atoms with Crippen LogP contribution in [0.1, 0.15) is 12.8 Å². The quantitative estimate of drug-likeness (QED) is 0.834. The van der Waals surface area contributed by atoms with E-state index >= 15 is 0 Å². The summed E-state index contributed by atoms with van der Waals surface area (Å²) in [4.78, 5) is 2.40. The molecule has 1 aromatic rings. The van der Waals surface area contributed by atoms with Gasteiger partial charge in [-0.15, -0.1) is 0 Å². The van der Waals surface area contributed by atoms with E-state index in [4.69, 9.17) is 5.73 Å². The Kier molecular flexibility index (Phi) is 3.08. The van der Waals surface area contributed by atoms with Gasteiger partial charge in [-0.25, -0.2) is 0 Å². The van der Waals surface area contributed by atoms with Gasteiger partial charge in [-0.1, -0.05) is 22.0 Å². The number of anilines is 1. The molecule has 0 bridgehead atoms. The van der Waals surface area contributed by atoms with Crippen LogP contribution in [-0.4, -0.2) is 19.1 Å². The van der Waals surface area contributed by atoms with Gasteiger partial charge in [0.05, 0.1) is 0 Å². The van der Waals surface area contributed by atoms with Crippen molar-refractivity contribution in [1.29, 1.82) is 0 Å². The summed E-state index contributed by atoms with van der Waals surface area (Å²) in [5.74, 6) is 0. The van der Waals surface area contributed by atoms with Gasteiger partial charge in [-0.3, -0.25) is 0 Å². The Morgan fingerprint density at radius 1 is 1.29 bits per heavy atom. The molecule has 0 spiro atoms. The molecule has 0 radical (unpaired) electrons. The second kappa shape index (κ2) is 4.32. The van der Waals surface area contributed by atoms with Gasteiger partial charge in [0.15, 0.2) is 0 Å². The highest BCUT2D eigenvalue weighted by atomic mass is 79.9. The number of piperidine rings is 1. The summed E-state index contributed by atoms with van der Waals surface area (Å²) in [7, 11) is 0. The van der Waals surface area contributed by atoms with E-state index in [9.17, 15) is 0 Å². The molecule has 1 aliphatic heterocycles. The van der Waals surface area contributed by atoms with E-state index < -0.39 is 0 Å². The van der Waals surface area contributed by atoms with Crippen molar-refractivity contribution in [3.63, 3.8) is 0 Å². The number of nitrogens with two attached hydrogens (primary N) is 1. The molecule has 1 fully saturated rings. The number of benzene rings is 1. The number of nitrogens with zero attached hydrogens (tertiary/aromatic N) is 1. The number of rotatable bonds is 1. The molecule has 1 aromatic carbocycles. The highest BCUT2D eigenvalue weighted by Gasteiger charge is 2.15. The predicted octanol–water partition coefficient (Wildman–Crippen LogP) is 2.38. The number of hydrogen-bond acceptors (Lipinski definition) is 2. The van der Waals surface area contributed by atoms with E-state index in [0.29, 0.717) is 6.04 Å². The minimum absolute atomic E-state index is 0.401. The highest BCUT2D eigenvalue weighted by Crippen LogP contribution is 2.22. The highest BCUT2D eigenvalue weighted by molar-refractivity contribution is 9.10. The first-order valence-electron chi connectivity index (χ1n) is 5.02. The third-order valence-corrected chi connectivity index (χ3v) is 3.21. The fourth-order valence-corrected chi connectivity index (χ4v) is 2.22. The van der Waals surface area contributed by atoms with Crippen molar-refractivity contribution in [2.45, 2.75) is 18.9 Å². The summed E-state index contributed by atoms with van der Waals surface area (Å²) in [5, 5.41) is 0. The Morgan fingerprint density at radius 3 is 2.64 bits per heavy atom. The first kappa shape index (κ1) is 9.99. The summed E-state index contributed by atoms with van der Waals surface area (Å²) >= 11 is 3.49. The zero-order chi connectivity index (χ0) is 9.97. The molecule has 0 saturated carbocycles. The topological polar surface area (TPSA) is 29.3 Å². The Labute approximate surface area is 93.2 Å². The molecule has 76 valence electrons. The summed E-state index contributed by atoms with van der Waals surface area (Å²) in [6.07, 6.45) is 2.21. The van der Waals surface area contributed by atoms with Gasteiger partial charge in [0.1, 0.15) is 0 Å². The Hall–Kier alpha value is -0.540. The lowest BCUT2D eigenvalue weighted by atomic mass is 10.1. The fourth-order valence-electron chi connectivity index (χ4n) is 1.83. The van der Waals surface area contributed by atoms with Crippen molar-refractivity contribution in [2.75, 3.05) is 18.0 Å². The molecule has 14 heavy (non-hydrogen) atoms. The van der Waals surface area contributed by atoms with Gasteiger partial charge in [0, 0.05) is 29.3 Å². The van der Waals surface area contributed by atoms with Crippen molar-refractivity contribution in [3.8, 4) is 0 Å². The molecule has 1 saturated heterocycles. The maximum atomic E-state index is 5.87. The Morgan fingerprint density at radius 2 is 2.00 bits per heavy atom. The maximum Gasteiger partial charge on any atom is 0.0377 e. The van der Waals surface area contributed by atoms with Crippen molar-refractivity contribution in [1.82, 2.24) is 0 Å². The van der Waals surface area contributed by atoms with Crippen LogP contribution >= 0.6 is 15.9 Å². The van der Waals surface area contributed by atoms with Crippen LogP contribution in [0.5, 0.6) is 0 Å². The third-order valence-electron chi connectivity index (χ3n) is 2.71. The molecule has 1 heterocycles. The lowest BCUT2D eigenvalue weighted by molar-refractivity contribution is 0.501. The Balaban J connectivity index is 2.08. The molecule has 0 amide bonds. The van der Waals surface area contributed by atoms with Crippen molar-refractivity contribution >= 4 is 21.6 Å². The van der Waals surface area contributed by atoms with Gasteiger partial charge in [0.25, 0.3) is 0 Å². The van der Waals surface area contributed by atoms with E-state index in [2.05, 4.69) is 45.1 Å². The van der Waals surface area contributed by atoms with E-state index in [0.717, 1.165) is 30.4 Å². The van der Waals surface area contributed by atoms with Crippen LogP contribution in [0.25, 0.3) is 0 Å². The predicted molar refractivity (Wildman–Crippen MR) is 63.6 cm³/mol. The molecule has 0 unspecified atom stereocenters. The average Bonchev–Trinajstić information content (AvgIpc) is 2.19. The van der Waals surface area contributed by atoms with E-state index in [1.807, 2.05) is 0 Å². The molecular formula is C11H15BrN2. The van der Waals surface area contributed by atoms with Crippen molar-refractivity contribution in [3.05, 3.63) is 28.7 Å². The monoisotopic (exact) mass is 254 g/mol. The number of hydrogen-bond donors (Lipinski definition) is 1.